The van der Waals surface area contributed by atoms with Crippen LogP contribution in [-0.4, -0.2) is 84.4 Å². The number of alkyl halides is 3. The van der Waals surface area contributed by atoms with Crippen molar-refractivity contribution >= 4 is 11.9 Å². The quantitative estimate of drug-likeness (QED) is 0.732. The van der Waals surface area contributed by atoms with Crippen LogP contribution >= 0.6 is 0 Å². The second-order valence-corrected chi connectivity index (χ2v) is 8.82. The van der Waals surface area contributed by atoms with Crippen molar-refractivity contribution in [3.05, 3.63) is 5.82 Å². The molecule has 5 rings (SSSR count). The van der Waals surface area contributed by atoms with Gasteiger partial charge in [-0.15, -0.1) is 0 Å². The number of morpholine rings is 1. The molecule has 8 nitrogen and oxygen atoms in total. The number of nitrogens with zero attached hydrogens (tertiary/aromatic N) is 5. The fourth-order valence-electron chi connectivity index (χ4n) is 5.45. The number of hydrogen-bond acceptors (Lipinski definition) is 7. The van der Waals surface area contributed by atoms with Crippen molar-refractivity contribution in [3.8, 4) is 0 Å². The zero-order chi connectivity index (χ0) is 20.5. The van der Waals surface area contributed by atoms with E-state index in [9.17, 15) is 18.0 Å². The first-order valence-electron chi connectivity index (χ1n) is 9.96. The van der Waals surface area contributed by atoms with Crippen LogP contribution in [0.1, 0.15) is 18.7 Å². The third-order valence-corrected chi connectivity index (χ3v) is 6.85. The number of aromatic nitrogens is 2. The Balaban J connectivity index is 1.25. The molecule has 1 aromatic heterocycles. The Labute approximate surface area is 165 Å². The number of ether oxygens (including phenoxy) is 1. The van der Waals surface area contributed by atoms with Gasteiger partial charge in [-0.2, -0.15) is 18.2 Å². The number of likely N-dealkylation sites (tertiary alicyclic amines) is 1. The summed E-state index contributed by atoms with van der Waals surface area (Å²) in [6.45, 7) is 2.69. The lowest BCUT2D eigenvalue weighted by Gasteiger charge is -2.49. The summed E-state index contributed by atoms with van der Waals surface area (Å²) in [5.74, 6) is -0.00147. The van der Waals surface area contributed by atoms with Crippen molar-refractivity contribution in [2.75, 3.05) is 45.3 Å². The Morgan fingerprint density at radius 2 is 1.72 bits per heavy atom. The van der Waals surface area contributed by atoms with Crippen molar-refractivity contribution in [2.45, 2.75) is 37.1 Å². The standard InChI is InChI=1S/C18H24F3N5O3/c1-24(2)15(27)14-12-5-25(6-13(12)14)9-3-10-7-28-8-11(4-9)26(10)17-22-16(23-29-17)18(19,20)21/h9-14H,3-8H2,1-2H3/t9?,10?,11?,12-,13+,14+. The summed E-state index contributed by atoms with van der Waals surface area (Å²) in [5, 5.41) is 3.10. The number of carbonyl (C=O) groups excluding carboxylic acids is 1. The van der Waals surface area contributed by atoms with E-state index in [1.165, 1.54) is 0 Å². The van der Waals surface area contributed by atoms with Crippen LogP contribution in [0.4, 0.5) is 19.2 Å². The Hall–Kier alpha value is -1.88. The van der Waals surface area contributed by atoms with E-state index in [0.717, 1.165) is 25.9 Å². The van der Waals surface area contributed by atoms with Crippen LogP contribution < -0.4 is 4.90 Å². The maximum atomic E-state index is 12.8. The smallest absolute Gasteiger partial charge is 0.377 e. The molecule has 11 heteroatoms. The predicted molar refractivity (Wildman–Crippen MR) is 93.9 cm³/mol. The molecular formula is C18H24F3N5O3. The summed E-state index contributed by atoms with van der Waals surface area (Å²) < 4.78 is 49.1. The molecule has 3 aliphatic heterocycles. The molecule has 0 spiro atoms. The van der Waals surface area contributed by atoms with Crippen LogP contribution in [0.15, 0.2) is 4.52 Å². The lowest BCUT2D eigenvalue weighted by Crippen LogP contribution is -2.61. The molecule has 4 heterocycles. The largest absolute Gasteiger partial charge is 0.455 e. The maximum absolute atomic E-state index is 12.8. The minimum absolute atomic E-state index is 0.0741. The number of fused-ring (bicyclic) bond motifs is 3. The highest BCUT2D eigenvalue weighted by molar-refractivity contribution is 5.82. The Kier molecular flexibility index (Phi) is 4.32. The molecule has 4 aliphatic rings. The van der Waals surface area contributed by atoms with E-state index >= 15 is 0 Å². The normalized spacial score (nSPS) is 36.8. The molecule has 1 aliphatic carbocycles. The van der Waals surface area contributed by atoms with Gasteiger partial charge in [0.1, 0.15) is 0 Å². The molecule has 2 bridgehead atoms. The molecule has 29 heavy (non-hydrogen) atoms. The fraction of sp³-hybridized carbons (Fsp3) is 0.833. The summed E-state index contributed by atoms with van der Waals surface area (Å²) in [7, 11) is 3.60. The van der Waals surface area contributed by atoms with Gasteiger partial charge in [0.25, 0.3) is 5.82 Å². The molecule has 0 N–H and O–H groups in total. The Morgan fingerprint density at radius 1 is 1.10 bits per heavy atom. The van der Waals surface area contributed by atoms with Gasteiger partial charge in [-0.1, -0.05) is 0 Å². The number of piperidine rings is 2. The van der Waals surface area contributed by atoms with E-state index in [2.05, 4.69) is 15.0 Å². The molecule has 1 aromatic rings. The minimum atomic E-state index is -4.62. The Bertz CT molecular complexity index is 774. The summed E-state index contributed by atoms with van der Waals surface area (Å²) in [6, 6.07) is 0.0726. The highest BCUT2D eigenvalue weighted by atomic mass is 19.4. The number of anilines is 1. The Morgan fingerprint density at radius 3 is 2.24 bits per heavy atom. The lowest BCUT2D eigenvalue weighted by molar-refractivity contribution is -0.146. The van der Waals surface area contributed by atoms with Crippen LogP contribution in [0.5, 0.6) is 0 Å². The van der Waals surface area contributed by atoms with Gasteiger partial charge in [-0.3, -0.25) is 9.69 Å². The molecular weight excluding hydrogens is 391 g/mol. The summed E-state index contributed by atoms with van der Waals surface area (Å²) in [4.78, 5) is 21.7. The first kappa shape index (κ1) is 19.1. The van der Waals surface area contributed by atoms with Gasteiger partial charge in [0.15, 0.2) is 0 Å². The van der Waals surface area contributed by atoms with Gasteiger partial charge in [0.05, 0.1) is 25.3 Å². The number of carbonyl (C=O) groups is 1. The van der Waals surface area contributed by atoms with Crippen LogP contribution in [0.25, 0.3) is 0 Å². The first-order chi connectivity index (χ1) is 13.7. The molecule has 5 atom stereocenters. The molecule has 160 valence electrons. The molecule has 1 amide bonds. The van der Waals surface area contributed by atoms with Gasteiger partial charge < -0.3 is 19.1 Å². The van der Waals surface area contributed by atoms with Crippen molar-refractivity contribution in [3.63, 3.8) is 0 Å². The predicted octanol–water partition coefficient (Wildman–Crippen LogP) is 1.09. The zero-order valence-corrected chi connectivity index (χ0v) is 16.3. The average molecular weight is 415 g/mol. The van der Waals surface area contributed by atoms with E-state index in [0.29, 0.717) is 31.1 Å². The van der Waals surface area contributed by atoms with Crippen LogP contribution in [0, 0.1) is 17.8 Å². The van der Waals surface area contributed by atoms with E-state index < -0.39 is 12.0 Å². The van der Waals surface area contributed by atoms with Gasteiger partial charge in [-0.25, -0.2) is 0 Å². The van der Waals surface area contributed by atoms with Crippen LogP contribution in [0.2, 0.25) is 0 Å². The number of hydrogen-bond donors (Lipinski definition) is 0. The molecule has 4 fully saturated rings. The summed E-state index contributed by atoms with van der Waals surface area (Å²) in [6.07, 6.45) is -3.08. The van der Waals surface area contributed by atoms with E-state index in [1.54, 1.807) is 19.0 Å². The van der Waals surface area contributed by atoms with Crippen molar-refractivity contribution < 1.29 is 27.2 Å². The van der Waals surface area contributed by atoms with E-state index in [-0.39, 0.29) is 29.9 Å². The van der Waals surface area contributed by atoms with Crippen molar-refractivity contribution in [1.29, 1.82) is 0 Å². The number of amides is 1. The molecule has 2 unspecified atom stereocenters. The third kappa shape index (κ3) is 3.18. The second-order valence-electron chi connectivity index (χ2n) is 8.82. The third-order valence-electron chi connectivity index (χ3n) is 6.85. The second kappa shape index (κ2) is 6.56. The van der Waals surface area contributed by atoms with Gasteiger partial charge in [0.2, 0.25) is 5.91 Å². The highest BCUT2D eigenvalue weighted by Gasteiger charge is 2.61. The van der Waals surface area contributed by atoms with Crippen LogP contribution in [-0.2, 0) is 15.7 Å². The fourth-order valence-corrected chi connectivity index (χ4v) is 5.45. The summed E-state index contributed by atoms with van der Waals surface area (Å²) in [5.41, 5.74) is 0. The first-order valence-corrected chi connectivity index (χ1v) is 9.96. The minimum Gasteiger partial charge on any atom is -0.377 e. The van der Waals surface area contributed by atoms with Gasteiger partial charge in [0, 0.05) is 39.1 Å². The van der Waals surface area contributed by atoms with E-state index in [4.69, 9.17) is 9.26 Å². The van der Waals surface area contributed by atoms with E-state index in [1.807, 2.05) is 4.90 Å². The molecule has 0 aromatic carbocycles. The zero-order valence-electron chi connectivity index (χ0n) is 16.3. The van der Waals surface area contributed by atoms with Gasteiger partial charge in [-0.05, 0) is 29.8 Å². The average Bonchev–Trinajstić information content (AvgIpc) is 3.04. The number of rotatable bonds is 3. The number of halogens is 3. The molecule has 0 radical (unpaired) electrons. The van der Waals surface area contributed by atoms with Crippen molar-refractivity contribution in [2.24, 2.45) is 17.8 Å². The molecule has 3 saturated heterocycles. The lowest BCUT2D eigenvalue weighted by atomic mass is 9.89. The van der Waals surface area contributed by atoms with Crippen LogP contribution in [0.3, 0.4) is 0 Å². The van der Waals surface area contributed by atoms with Crippen molar-refractivity contribution in [1.82, 2.24) is 19.9 Å². The summed E-state index contributed by atoms with van der Waals surface area (Å²) >= 11 is 0. The topological polar surface area (TPSA) is 74.9 Å². The van der Waals surface area contributed by atoms with Gasteiger partial charge >= 0.3 is 12.2 Å². The highest BCUT2D eigenvalue weighted by Crippen LogP contribution is 2.53. The molecule has 1 saturated carbocycles. The maximum Gasteiger partial charge on any atom is 0.455 e. The SMILES string of the molecule is CN(C)C(=O)[C@H]1[C@@H]2CN(C3CC4COCC(C3)N4c3nc(C(F)(F)F)no3)C[C@@H]21. The monoisotopic (exact) mass is 415 g/mol.